The minimum atomic E-state index is 0.214. The summed E-state index contributed by atoms with van der Waals surface area (Å²) in [6.45, 7) is 3.54. The number of amides is 1. The van der Waals surface area contributed by atoms with E-state index in [0.29, 0.717) is 5.92 Å². The highest BCUT2D eigenvalue weighted by molar-refractivity contribution is 5.73. The third-order valence-corrected chi connectivity index (χ3v) is 3.94. The van der Waals surface area contributed by atoms with Gasteiger partial charge in [-0.25, -0.2) is 0 Å². The number of aryl methyl sites for hydroxylation is 1. The Morgan fingerprint density at radius 1 is 1.47 bits per heavy atom. The van der Waals surface area contributed by atoms with E-state index in [1.54, 1.807) is 14.0 Å². The predicted molar refractivity (Wildman–Crippen MR) is 76.3 cm³/mol. The van der Waals surface area contributed by atoms with Gasteiger partial charge in [0, 0.05) is 20.0 Å². The van der Waals surface area contributed by atoms with E-state index in [0.717, 1.165) is 38.1 Å². The molecule has 1 amide bonds. The SMILES string of the molecule is COc1cccc(CC[C@@H]2CCCN(C(C)=O)C2)c1. The molecule has 0 unspecified atom stereocenters. The van der Waals surface area contributed by atoms with Crippen LogP contribution in [0.4, 0.5) is 0 Å². The van der Waals surface area contributed by atoms with Gasteiger partial charge in [0.05, 0.1) is 7.11 Å². The lowest BCUT2D eigenvalue weighted by Gasteiger charge is -2.32. The summed E-state index contributed by atoms with van der Waals surface area (Å²) < 4.78 is 5.24. The van der Waals surface area contributed by atoms with Gasteiger partial charge in [-0.05, 0) is 49.3 Å². The molecule has 0 aromatic heterocycles. The summed E-state index contributed by atoms with van der Waals surface area (Å²) in [6.07, 6.45) is 4.60. The van der Waals surface area contributed by atoms with Crippen LogP contribution in [0.15, 0.2) is 24.3 Å². The molecule has 2 rings (SSSR count). The molecule has 1 aromatic rings. The van der Waals surface area contributed by atoms with Gasteiger partial charge >= 0.3 is 0 Å². The van der Waals surface area contributed by atoms with Gasteiger partial charge in [0.1, 0.15) is 5.75 Å². The molecule has 1 aromatic carbocycles. The van der Waals surface area contributed by atoms with Crippen molar-refractivity contribution in [1.82, 2.24) is 4.90 Å². The van der Waals surface area contributed by atoms with Gasteiger partial charge < -0.3 is 9.64 Å². The minimum absolute atomic E-state index is 0.214. The first-order valence-electron chi connectivity index (χ1n) is 7.07. The fourth-order valence-corrected chi connectivity index (χ4v) is 2.79. The summed E-state index contributed by atoms with van der Waals surface area (Å²) in [5.41, 5.74) is 1.32. The molecule has 1 heterocycles. The summed E-state index contributed by atoms with van der Waals surface area (Å²) in [5, 5.41) is 0. The standard InChI is InChI=1S/C16H23NO2/c1-13(18)17-10-4-6-15(12-17)9-8-14-5-3-7-16(11-14)19-2/h3,5,7,11,15H,4,6,8-10,12H2,1-2H3/t15-/m0/s1. The summed E-state index contributed by atoms with van der Waals surface area (Å²) in [7, 11) is 1.70. The Morgan fingerprint density at radius 2 is 2.32 bits per heavy atom. The summed E-state index contributed by atoms with van der Waals surface area (Å²) in [6, 6.07) is 8.26. The molecular weight excluding hydrogens is 238 g/mol. The number of rotatable bonds is 4. The Balaban J connectivity index is 1.86. The first-order valence-corrected chi connectivity index (χ1v) is 7.07. The van der Waals surface area contributed by atoms with Crippen LogP contribution in [-0.4, -0.2) is 31.0 Å². The van der Waals surface area contributed by atoms with Crippen LogP contribution in [0.1, 0.15) is 31.7 Å². The van der Waals surface area contributed by atoms with E-state index < -0.39 is 0 Å². The van der Waals surface area contributed by atoms with Crippen molar-refractivity contribution in [2.45, 2.75) is 32.6 Å². The van der Waals surface area contributed by atoms with Gasteiger partial charge in [-0.2, -0.15) is 0 Å². The first kappa shape index (κ1) is 13.9. The Hall–Kier alpha value is -1.51. The number of carbonyl (C=O) groups is 1. The molecule has 0 N–H and O–H groups in total. The smallest absolute Gasteiger partial charge is 0.219 e. The second kappa shape index (κ2) is 6.60. The van der Waals surface area contributed by atoms with Crippen molar-refractivity contribution < 1.29 is 9.53 Å². The second-order valence-electron chi connectivity index (χ2n) is 5.36. The number of methoxy groups -OCH3 is 1. The molecule has 3 nitrogen and oxygen atoms in total. The minimum Gasteiger partial charge on any atom is -0.497 e. The molecule has 0 radical (unpaired) electrons. The molecule has 1 aliphatic heterocycles. The Bertz CT molecular complexity index is 431. The fraction of sp³-hybridized carbons (Fsp3) is 0.562. The summed E-state index contributed by atoms with van der Waals surface area (Å²) >= 11 is 0. The third kappa shape index (κ3) is 3.98. The van der Waals surface area contributed by atoms with E-state index in [9.17, 15) is 4.79 Å². The average Bonchev–Trinajstić information content (AvgIpc) is 2.45. The number of benzene rings is 1. The number of carbonyl (C=O) groups excluding carboxylic acids is 1. The van der Waals surface area contributed by atoms with Gasteiger partial charge in [0.15, 0.2) is 0 Å². The van der Waals surface area contributed by atoms with Crippen molar-refractivity contribution in [3.8, 4) is 5.75 Å². The van der Waals surface area contributed by atoms with Crippen LogP contribution in [0.2, 0.25) is 0 Å². The molecule has 19 heavy (non-hydrogen) atoms. The molecule has 1 fully saturated rings. The first-order chi connectivity index (χ1) is 9.19. The number of likely N-dealkylation sites (tertiary alicyclic amines) is 1. The third-order valence-electron chi connectivity index (χ3n) is 3.94. The zero-order valence-corrected chi connectivity index (χ0v) is 11.9. The summed E-state index contributed by atoms with van der Waals surface area (Å²) in [4.78, 5) is 13.4. The van der Waals surface area contributed by atoms with Gasteiger partial charge in [-0.15, -0.1) is 0 Å². The molecule has 0 bridgehead atoms. The van der Waals surface area contributed by atoms with E-state index >= 15 is 0 Å². The molecule has 3 heteroatoms. The van der Waals surface area contributed by atoms with E-state index in [1.807, 2.05) is 17.0 Å². The van der Waals surface area contributed by atoms with Crippen molar-refractivity contribution in [3.63, 3.8) is 0 Å². The van der Waals surface area contributed by atoms with Crippen molar-refractivity contribution in [2.75, 3.05) is 20.2 Å². The molecule has 104 valence electrons. The van der Waals surface area contributed by atoms with E-state index in [1.165, 1.54) is 12.0 Å². The van der Waals surface area contributed by atoms with Crippen LogP contribution in [0.3, 0.4) is 0 Å². The average molecular weight is 261 g/mol. The highest BCUT2D eigenvalue weighted by Crippen LogP contribution is 2.22. The van der Waals surface area contributed by atoms with Gasteiger partial charge in [0.2, 0.25) is 5.91 Å². The lowest BCUT2D eigenvalue weighted by atomic mass is 9.91. The highest BCUT2D eigenvalue weighted by Gasteiger charge is 2.21. The molecule has 0 saturated carbocycles. The Morgan fingerprint density at radius 3 is 3.05 bits per heavy atom. The Labute approximate surface area is 115 Å². The predicted octanol–water partition coefficient (Wildman–Crippen LogP) is 2.89. The number of nitrogens with zero attached hydrogens (tertiary/aromatic N) is 1. The van der Waals surface area contributed by atoms with Crippen molar-refractivity contribution >= 4 is 5.91 Å². The molecule has 1 saturated heterocycles. The molecule has 1 atom stereocenters. The quantitative estimate of drug-likeness (QED) is 0.834. The van der Waals surface area contributed by atoms with Gasteiger partial charge in [0.25, 0.3) is 0 Å². The zero-order valence-electron chi connectivity index (χ0n) is 11.9. The van der Waals surface area contributed by atoms with E-state index in [4.69, 9.17) is 4.74 Å². The van der Waals surface area contributed by atoms with Crippen LogP contribution in [0.5, 0.6) is 5.75 Å². The fourth-order valence-electron chi connectivity index (χ4n) is 2.79. The van der Waals surface area contributed by atoms with Gasteiger partial charge in [-0.3, -0.25) is 4.79 Å². The zero-order chi connectivity index (χ0) is 13.7. The highest BCUT2D eigenvalue weighted by atomic mass is 16.5. The maximum Gasteiger partial charge on any atom is 0.219 e. The molecule has 0 spiro atoms. The number of ether oxygens (including phenoxy) is 1. The van der Waals surface area contributed by atoms with E-state index in [2.05, 4.69) is 12.1 Å². The largest absolute Gasteiger partial charge is 0.497 e. The summed E-state index contributed by atoms with van der Waals surface area (Å²) in [5.74, 6) is 1.78. The number of hydrogen-bond acceptors (Lipinski definition) is 2. The van der Waals surface area contributed by atoms with Crippen LogP contribution in [0.25, 0.3) is 0 Å². The number of piperidine rings is 1. The second-order valence-corrected chi connectivity index (χ2v) is 5.36. The Kier molecular flexibility index (Phi) is 4.83. The maximum absolute atomic E-state index is 11.4. The van der Waals surface area contributed by atoms with Crippen molar-refractivity contribution in [3.05, 3.63) is 29.8 Å². The lowest BCUT2D eigenvalue weighted by molar-refractivity contribution is -0.130. The maximum atomic E-state index is 11.4. The van der Waals surface area contributed by atoms with Crippen LogP contribution < -0.4 is 4.74 Å². The van der Waals surface area contributed by atoms with Gasteiger partial charge in [-0.1, -0.05) is 12.1 Å². The molecule has 0 aliphatic carbocycles. The van der Waals surface area contributed by atoms with Crippen LogP contribution >= 0.6 is 0 Å². The number of hydrogen-bond donors (Lipinski definition) is 0. The topological polar surface area (TPSA) is 29.5 Å². The van der Waals surface area contributed by atoms with Crippen molar-refractivity contribution in [1.29, 1.82) is 0 Å². The van der Waals surface area contributed by atoms with Crippen molar-refractivity contribution in [2.24, 2.45) is 5.92 Å². The van der Waals surface area contributed by atoms with Crippen LogP contribution in [-0.2, 0) is 11.2 Å². The normalized spacial score (nSPS) is 19.3. The monoisotopic (exact) mass is 261 g/mol. The lowest BCUT2D eigenvalue weighted by Crippen LogP contribution is -2.38. The molecule has 1 aliphatic rings. The van der Waals surface area contributed by atoms with Crippen LogP contribution in [0, 0.1) is 5.92 Å². The molecular formula is C16H23NO2. The van der Waals surface area contributed by atoms with E-state index in [-0.39, 0.29) is 5.91 Å².